The van der Waals surface area contributed by atoms with E-state index in [1.807, 2.05) is 27.7 Å². The zero-order valence-electron chi connectivity index (χ0n) is 14.1. The SMILES string of the molecule is CC1(C)OB(C(F)=Cc2cc(-c3ccco3)ccc2F)OC1(C)C. The quantitative estimate of drug-likeness (QED) is 0.739. The van der Waals surface area contributed by atoms with Gasteiger partial charge in [0.05, 0.1) is 17.5 Å². The van der Waals surface area contributed by atoms with Crippen molar-refractivity contribution in [3.8, 4) is 11.3 Å². The van der Waals surface area contributed by atoms with Gasteiger partial charge in [-0.15, -0.1) is 0 Å². The lowest BCUT2D eigenvalue weighted by atomic mass is 9.86. The molecule has 3 nitrogen and oxygen atoms in total. The van der Waals surface area contributed by atoms with Crippen LogP contribution in [0.3, 0.4) is 0 Å². The zero-order valence-corrected chi connectivity index (χ0v) is 14.1. The first kappa shape index (κ1) is 16.9. The van der Waals surface area contributed by atoms with Crippen molar-refractivity contribution < 1.29 is 22.5 Å². The first-order valence-corrected chi connectivity index (χ1v) is 7.76. The number of hydrogen-bond donors (Lipinski definition) is 0. The molecule has 24 heavy (non-hydrogen) atoms. The van der Waals surface area contributed by atoms with E-state index in [1.165, 1.54) is 18.4 Å². The number of halogens is 2. The van der Waals surface area contributed by atoms with Crippen LogP contribution in [0, 0.1) is 5.82 Å². The van der Waals surface area contributed by atoms with E-state index < -0.39 is 29.9 Å². The highest BCUT2D eigenvalue weighted by atomic mass is 19.1. The largest absolute Gasteiger partial charge is 0.525 e. The van der Waals surface area contributed by atoms with Crippen molar-refractivity contribution >= 4 is 13.2 Å². The molecule has 126 valence electrons. The topological polar surface area (TPSA) is 31.6 Å². The summed E-state index contributed by atoms with van der Waals surface area (Å²) >= 11 is 0. The van der Waals surface area contributed by atoms with Crippen LogP contribution in [-0.2, 0) is 9.31 Å². The lowest BCUT2D eigenvalue weighted by Gasteiger charge is -2.32. The van der Waals surface area contributed by atoms with Gasteiger partial charge in [0, 0.05) is 11.1 Å². The molecule has 0 N–H and O–H groups in total. The summed E-state index contributed by atoms with van der Waals surface area (Å²) in [7, 11) is -1.15. The summed E-state index contributed by atoms with van der Waals surface area (Å²) in [5, 5.41) is 0. The molecule has 1 aromatic carbocycles. The molecule has 0 atom stereocenters. The maximum Gasteiger partial charge on any atom is 0.525 e. The molecule has 2 aromatic rings. The summed E-state index contributed by atoms with van der Waals surface area (Å²) in [4.78, 5) is 0. The summed E-state index contributed by atoms with van der Waals surface area (Å²) in [6.07, 6.45) is 2.63. The summed E-state index contributed by atoms with van der Waals surface area (Å²) in [6.45, 7) is 7.33. The molecular weight excluding hydrogens is 313 g/mol. The van der Waals surface area contributed by atoms with Crippen LogP contribution in [0.4, 0.5) is 8.78 Å². The molecule has 0 saturated carbocycles. The number of benzene rings is 1. The van der Waals surface area contributed by atoms with Gasteiger partial charge < -0.3 is 13.7 Å². The van der Waals surface area contributed by atoms with Gasteiger partial charge in [0.1, 0.15) is 17.3 Å². The first-order valence-electron chi connectivity index (χ1n) is 7.76. The third-order valence-electron chi connectivity index (χ3n) is 4.57. The first-order chi connectivity index (χ1) is 11.2. The Labute approximate surface area is 140 Å². The molecule has 0 bridgehead atoms. The maximum atomic E-state index is 14.6. The molecule has 1 aliphatic rings. The van der Waals surface area contributed by atoms with Gasteiger partial charge in [0.25, 0.3) is 0 Å². The normalized spacial score (nSPS) is 19.8. The Bertz CT molecular complexity index is 751. The molecule has 0 aliphatic carbocycles. The van der Waals surface area contributed by atoms with E-state index in [1.54, 1.807) is 18.2 Å². The highest BCUT2D eigenvalue weighted by Gasteiger charge is 2.53. The fourth-order valence-corrected chi connectivity index (χ4v) is 2.42. The summed E-state index contributed by atoms with van der Waals surface area (Å²) in [5.41, 5.74) is -1.22. The van der Waals surface area contributed by atoms with E-state index in [-0.39, 0.29) is 5.56 Å². The van der Waals surface area contributed by atoms with Gasteiger partial charge in [-0.1, -0.05) is 0 Å². The monoisotopic (exact) mass is 332 g/mol. The standard InChI is InChI=1S/C18H19BF2O3/c1-17(2)18(3,4)24-19(23-17)16(21)11-13-10-12(7-8-14(13)20)15-6-5-9-22-15/h5-11H,1-4H3. The fraction of sp³-hybridized carbons (Fsp3) is 0.333. The van der Waals surface area contributed by atoms with E-state index in [4.69, 9.17) is 13.7 Å². The van der Waals surface area contributed by atoms with Gasteiger partial charge in [-0.2, -0.15) is 0 Å². The molecule has 0 spiro atoms. The molecule has 3 rings (SSSR count). The molecule has 2 heterocycles. The molecule has 6 heteroatoms. The summed E-state index contributed by atoms with van der Waals surface area (Å²) < 4.78 is 45.2. The highest BCUT2D eigenvalue weighted by Crippen LogP contribution is 2.39. The average Bonchev–Trinajstić information content (AvgIpc) is 3.08. The van der Waals surface area contributed by atoms with E-state index in [9.17, 15) is 8.78 Å². The molecule has 1 aliphatic heterocycles. The molecule has 0 unspecified atom stereocenters. The fourth-order valence-electron chi connectivity index (χ4n) is 2.42. The predicted molar refractivity (Wildman–Crippen MR) is 89.3 cm³/mol. The van der Waals surface area contributed by atoms with Crippen LogP contribution < -0.4 is 0 Å². The molecule has 1 saturated heterocycles. The Balaban J connectivity index is 1.90. The second kappa shape index (κ2) is 5.86. The minimum absolute atomic E-state index is 0.108. The van der Waals surface area contributed by atoms with Crippen molar-refractivity contribution in [3.63, 3.8) is 0 Å². The summed E-state index contributed by atoms with van der Waals surface area (Å²) in [6, 6.07) is 7.88. The zero-order chi connectivity index (χ0) is 17.5. The van der Waals surface area contributed by atoms with Crippen molar-refractivity contribution in [2.45, 2.75) is 38.9 Å². The van der Waals surface area contributed by atoms with Gasteiger partial charge in [-0.05, 0) is 64.1 Å². The van der Waals surface area contributed by atoms with Crippen molar-refractivity contribution in [2.24, 2.45) is 0 Å². The number of hydrogen-bond acceptors (Lipinski definition) is 3. The van der Waals surface area contributed by atoms with Crippen LogP contribution in [-0.4, -0.2) is 18.3 Å². The van der Waals surface area contributed by atoms with Crippen LogP contribution in [0.5, 0.6) is 0 Å². The van der Waals surface area contributed by atoms with E-state index in [0.29, 0.717) is 11.3 Å². The molecule has 0 amide bonds. The Morgan fingerprint density at radius 3 is 2.33 bits per heavy atom. The van der Waals surface area contributed by atoms with Crippen LogP contribution in [0.25, 0.3) is 17.4 Å². The predicted octanol–water partition coefficient (Wildman–Crippen LogP) is 5.03. The van der Waals surface area contributed by atoms with E-state index in [2.05, 4.69) is 0 Å². The second-order valence-corrected chi connectivity index (χ2v) is 6.83. The van der Waals surface area contributed by atoms with E-state index >= 15 is 0 Å². The number of furan rings is 1. The Hall–Kier alpha value is -1.92. The lowest BCUT2D eigenvalue weighted by Crippen LogP contribution is -2.41. The second-order valence-electron chi connectivity index (χ2n) is 6.83. The molecule has 0 radical (unpaired) electrons. The van der Waals surface area contributed by atoms with Crippen LogP contribution in [0.2, 0.25) is 0 Å². The number of rotatable bonds is 3. The van der Waals surface area contributed by atoms with Crippen LogP contribution in [0.1, 0.15) is 33.3 Å². The Morgan fingerprint density at radius 2 is 1.75 bits per heavy atom. The molecular formula is C18H19BF2O3. The van der Waals surface area contributed by atoms with Gasteiger partial charge in [-0.3, -0.25) is 0 Å². The molecule has 1 aromatic heterocycles. The van der Waals surface area contributed by atoms with Crippen molar-refractivity contribution in [2.75, 3.05) is 0 Å². The molecule has 1 fully saturated rings. The Kier molecular flexibility index (Phi) is 4.14. The van der Waals surface area contributed by atoms with Gasteiger partial charge in [0.15, 0.2) is 0 Å². The van der Waals surface area contributed by atoms with Crippen molar-refractivity contribution in [1.82, 2.24) is 0 Å². The Morgan fingerprint density at radius 1 is 1.08 bits per heavy atom. The van der Waals surface area contributed by atoms with Crippen LogP contribution >= 0.6 is 0 Å². The maximum absolute atomic E-state index is 14.6. The smallest absolute Gasteiger partial charge is 0.464 e. The van der Waals surface area contributed by atoms with Gasteiger partial charge in [-0.25, -0.2) is 8.78 Å². The third kappa shape index (κ3) is 3.04. The highest BCUT2D eigenvalue weighted by molar-refractivity contribution is 6.54. The van der Waals surface area contributed by atoms with Gasteiger partial charge in [0.2, 0.25) is 0 Å². The average molecular weight is 332 g/mol. The van der Waals surface area contributed by atoms with Crippen LogP contribution in [0.15, 0.2) is 46.7 Å². The summed E-state index contributed by atoms with van der Waals surface area (Å²) in [5.74, 6) is 0.0534. The minimum Gasteiger partial charge on any atom is -0.464 e. The van der Waals surface area contributed by atoms with E-state index in [0.717, 1.165) is 6.08 Å². The lowest BCUT2D eigenvalue weighted by molar-refractivity contribution is 0.00578. The third-order valence-corrected chi connectivity index (χ3v) is 4.57. The van der Waals surface area contributed by atoms with Crippen molar-refractivity contribution in [3.05, 3.63) is 53.7 Å². The van der Waals surface area contributed by atoms with Crippen molar-refractivity contribution in [1.29, 1.82) is 0 Å². The van der Waals surface area contributed by atoms with Gasteiger partial charge >= 0.3 is 7.12 Å². The minimum atomic E-state index is -1.15.